The Hall–Kier alpha value is -2.19. The van der Waals surface area contributed by atoms with E-state index in [0.29, 0.717) is 32.3 Å². The highest BCUT2D eigenvalue weighted by atomic mass is 19.2. The molecular formula is C20H25F5O4. The lowest BCUT2D eigenvalue weighted by molar-refractivity contribution is -0.144. The van der Waals surface area contributed by atoms with Crippen LogP contribution in [0, 0.1) is 29.1 Å². The van der Waals surface area contributed by atoms with Crippen LogP contribution in [0.4, 0.5) is 22.0 Å². The molecule has 0 unspecified atom stereocenters. The number of rotatable bonds is 13. The lowest BCUT2D eigenvalue weighted by Crippen LogP contribution is -2.13. The number of carbonyl (C=O) groups excluding carboxylic acids is 2. The molecule has 0 atom stereocenters. The fourth-order valence-corrected chi connectivity index (χ4v) is 2.49. The standard InChI is InChI=1S/C20H25F5O4/c1-2-3-12-28-13(26)10-8-6-4-5-7-9-11-14(27)29-20-18(24)16(22)15(21)17(23)19(20)25/h2-12H2,1H3. The van der Waals surface area contributed by atoms with E-state index in [1.54, 1.807) is 0 Å². The highest BCUT2D eigenvalue weighted by Crippen LogP contribution is 2.29. The molecule has 0 saturated carbocycles. The minimum absolute atomic E-state index is 0.214. The van der Waals surface area contributed by atoms with Crippen LogP contribution in [0.2, 0.25) is 0 Å². The van der Waals surface area contributed by atoms with Crippen molar-refractivity contribution in [3.63, 3.8) is 0 Å². The maximum Gasteiger partial charge on any atom is 0.311 e. The molecule has 9 heteroatoms. The summed E-state index contributed by atoms with van der Waals surface area (Å²) < 4.78 is 75.3. The maximum absolute atomic E-state index is 13.4. The molecular weight excluding hydrogens is 399 g/mol. The predicted molar refractivity (Wildman–Crippen MR) is 94.7 cm³/mol. The molecule has 4 nitrogen and oxygen atoms in total. The fourth-order valence-electron chi connectivity index (χ4n) is 2.49. The average Bonchev–Trinajstić information content (AvgIpc) is 2.70. The number of halogens is 5. The maximum atomic E-state index is 13.4. The number of hydrogen-bond donors (Lipinski definition) is 0. The molecule has 1 rings (SSSR count). The molecule has 164 valence electrons. The van der Waals surface area contributed by atoms with E-state index in [1.165, 1.54) is 0 Å². The quantitative estimate of drug-likeness (QED) is 0.101. The van der Waals surface area contributed by atoms with E-state index in [9.17, 15) is 31.5 Å². The third kappa shape index (κ3) is 8.37. The lowest BCUT2D eigenvalue weighted by atomic mass is 10.1. The van der Waals surface area contributed by atoms with Crippen molar-refractivity contribution in [2.24, 2.45) is 0 Å². The van der Waals surface area contributed by atoms with Gasteiger partial charge in [0.2, 0.25) is 34.8 Å². The number of unbranched alkanes of at least 4 members (excludes halogenated alkanes) is 6. The lowest BCUT2D eigenvalue weighted by Gasteiger charge is -2.08. The Morgan fingerprint density at radius 3 is 1.62 bits per heavy atom. The van der Waals surface area contributed by atoms with Crippen molar-refractivity contribution in [3.8, 4) is 5.75 Å². The number of hydrogen-bond acceptors (Lipinski definition) is 4. The second-order valence-corrected chi connectivity index (χ2v) is 6.57. The first-order chi connectivity index (χ1) is 13.8. The van der Waals surface area contributed by atoms with E-state index in [-0.39, 0.29) is 12.4 Å². The summed E-state index contributed by atoms with van der Waals surface area (Å²) in [6.07, 6.45) is 6.02. The molecule has 0 saturated heterocycles. The molecule has 0 spiro atoms. The van der Waals surface area contributed by atoms with Gasteiger partial charge in [0.15, 0.2) is 0 Å². The van der Waals surface area contributed by atoms with E-state index in [0.717, 1.165) is 32.1 Å². The first-order valence-corrected chi connectivity index (χ1v) is 9.67. The topological polar surface area (TPSA) is 52.6 Å². The van der Waals surface area contributed by atoms with Crippen LogP contribution in [0.1, 0.15) is 71.1 Å². The fraction of sp³-hybridized carbons (Fsp3) is 0.600. The van der Waals surface area contributed by atoms with Crippen LogP contribution in [-0.2, 0) is 14.3 Å². The number of carbonyl (C=O) groups is 2. The van der Waals surface area contributed by atoms with Gasteiger partial charge in [0, 0.05) is 12.8 Å². The summed E-state index contributed by atoms with van der Waals surface area (Å²) in [6, 6.07) is 0. The van der Waals surface area contributed by atoms with Gasteiger partial charge in [0.05, 0.1) is 6.61 Å². The van der Waals surface area contributed by atoms with Crippen molar-refractivity contribution < 1.29 is 41.0 Å². The van der Waals surface area contributed by atoms with Crippen LogP contribution in [-0.4, -0.2) is 18.5 Å². The van der Waals surface area contributed by atoms with Gasteiger partial charge in [0.25, 0.3) is 0 Å². The first-order valence-electron chi connectivity index (χ1n) is 9.67. The number of esters is 2. The Morgan fingerprint density at radius 1 is 0.655 bits per heavy atom. The van der Waals surface area contributed by atoms with E-state index < -0.39 is 40.8 Å². The van der Waals surface area contributed by atoms with Crippen molar-refractivity contribution >= 4 is 11.9 Å². The van der Waals surface area contributed by atoms with Gasteiger partial charge in [-0.05, 0) is 19.3 Å². The van der Waals surface area contributed by atoms with Gasteiger partial charge in [-0.2, -0.15) is 8.78 Å². The van der Waals surface area contributed by atoms with E-state index in [1.807, 2.05) is 6.92 Å². The predicted octanol–water partition coefficient (Wildman–Crippen LogP) is 5.75. The van der Waals surface area contributed by atoms with Gasteiger partial charge in [-0.1, -0.05) is 39.0 Å². The SMILES string of the molecule is CCCCOC(=O)CCCCCCCCC(=O)Oc1c(F)c(F)c(F)c(F)c1F. The zero-order chi connectivity index (χ0) is 21.8. The van der Waals surface area contributed by atoms with Crippen LogP contribution in [0.5, 0.6) is 5.75 Å². The minimum Gasteiger partial charge on any atom is -0.466 e. The molecule has 0 bridgehead atoms. The number of benzene rings is 1. The molecule has 29 heavy (non-hydrogen) atoms. The van der Waals surface area contributed by atoms with Crippen molar-refractivity contribution in [1.82, 2.24) is 0 Å². The Morgan fingerprint density at radius 2 is 1.10 bits per heavy atom. The van der Waals surface area contributed by atoms with Crippen molar-refractivity contribution in [1.29, 1.82) is 0 Å². The number of ether oxygens (including phenoxy) is 2. The first kappa shape index (κ1) is 24.8. The van der Waals surface area contributed by atoms with E-state index in [2.05, 4.69) is 4.74 Å². The van der Waals surface area contributed by atoms with Crippen LogP contribution in [0.3, 0.4) is 0 Å². The molecule has 0 aliphatic carbocycles. The average molecular weight is 424 g/mol. The highest BCUT2D eigenvalue weighted by molar-refractivity contribution is 5.72. The van der Waals surface area contributed by atoms with Crippen LogP contribution in [0.15, 0.2) is 0 Å². The van der Waals surface area contributed by atoms with E-state index >= 15 is 0 Å². The van der Waals surface area contributed by atoms with E-state index in [4.69, 9.17) is 4.74 Å². The Labute approximate surface area is 166 Å². The summed E-state index contributed by atoms with van der Waals surface area (Å²) in [4.78, 5) is 23.0. The van der Waals surface area contributed by atoms with Gasteiger partial charge < -0.3 is 9.47 Å². The third-order valence-corrected chi connectivity index (χ3v) is 4.16. The summed E-state index contributed by atoms with van der Waals surface area (Å²) in [7, 11) is 0. The van der Waals surface area contributed by atoms with Crippen molar-refractivity contribution in [2.75, 3.05) is 6.61 Å². The molecule has 0 amide bonds. The van der Waals surface area contributed by atoms with Gasteiger partial charge in [-0.25, -0.2) is 13.2 Å². The molecule has 0 heterocycles. The Bertz CT molecular complexity index is 665. The Kier molecular flexibility index (Phi) is 11.2. The summed E-state index contributed by atoms with van der Waals surface area (Å²) >= 11 is 0. The van der Waals surface area contributed by atoms with Crippen LogP contribution >= 0.6 is 0 Å². The molecule has 0 aliphatic rings. The molecule has 1 aromatic rings. The minimum atomic E-state index is -2.31. The van der Waals surface area contributed by atoms with Crippen LogP contribution < -0.4 is 4.74 Å². The van der Waals surface area contributed by atoms with Gasteiger partial charge in [-0.3, -0.25) is 9.59 Å². The molecule has 1 aromatic carbocycles. The van der Waals surface area contributed by atoms with Gasteiger partial charge >= 0.3 is 11.9 Å². The molecule has 0 radical (unpaired) electrons. The van der Waals surface area contributed by atoms with Gasteiger partial charge in [-0.15, -0.1) is 0 Å². The highest BCUT2D eigenvalue weighted by Gasteiger charge is 2.28. The summed E-state index contributed by atoms with van der Waals surface area (Å²) in [5.41, 5.74) is 0. The zero-order valence-electron chi connectivity index (χ0n) is 16.3. The largest absolute Gasteiger partial charge is 0.466 e. The second-order valence-electron chi connectivity index (χ2n) is 6.57. The summed E-state index contributed by atoms with van der Waals surface area (Å²) in [5.74, 6) is -13.9. The van der Waals surface area contributed by atoms with Crippen molar-refractivity contribution in [2.45, 2.75) is 71.1 Å². The molecule has 0 fully saturated rings. The van der Waals surface area contributed by atoms with Crippen LogP contribution in [0.25, 0.3) is 0 Å². The summed E-state index contributed by atoms with van der Waals surface area (Å²) in [5, 5.41) is 0. The molecule has 0 N–H and O–H groups in total. The van der Waals surface area contributed by atoms with Crippen molar-refractivity contribution in [3.05, 3.63) is 29.1 Å². The molecule has 0 aliphatic heterocycles. The second kappa shape index (κ2) is 13.1. The normalized spacial score (nSPS) is 10.8. The monoisotopic (exact) mass is 424 g/mol. The summed E-state index contributed by atoms with van der Waals surface area (Å²) in [6.45, 7) is 2.45. The third-order valence-electron chi connectivity index (χ3n) is 4.16. The van der Waals surface area contributed by atoms with Gasteiger partial charge in [0.1, 0.15) is 0 Å². The molecule has 0 aromatic heterocycles. The smallest absolute Gasteiger partial charge is 0.311 e. The zero-order valence-corrected chi connectivity index (χ0v) is 16.3. The Balaban J connectivity index is 2.21.